The molecule has 1 atom stereocenters. The maximum atomic E-state index is 13.0. The number of nitrogens with zero attached hydrogens (tertiary/aromatic N) is 2. The van der Waals surface area contributed by atoms with Crippen molar-refractivity contribution in [3.63, 3.8) is 0 Å². The van der Waals surface area contributed by atoms with Gasteiger partial charge in [0.2, 0.25) is 0 Å². The number of hydrogen-bond donors (Lipinski definition) is 3. The van der Waals surface area contributed by atoms with Crippen molar-refractivity contribution in [3.05, 3.63) is 83.4 Å². The minimum atomic E-state index is -1.01. The number of benzene rings is 3. The summed E-state index contributed by atoms with van der Waals surface area (Å²) in [6.07, 6.45) is 0. The van der Waals surface area contributed by atoms with Gasteiger partial charge in [-0.05, 0) is 59.0 Å². The molecule has 0 saturated carbocycles. The number of urea groups is 1. The lowest BCUT2D eigenvalue weighted by Gasteiger charge is -2.27. The SMILES string of the molecule is CC(C)C(C(=O)O)N1Cc2ccc(-c3ccc(NC(=O)Nc4cccc(C#N)c4)cc3)cc2C1=O. The van der Waals surface area contributed by atoms with Crippen LogP contribution in [0.1, 0.15) is 35.3 Å². The number of anilines is 2. The van der Waals surface area contributed by atoms with Crippen LogP contribution in [0.5, 0.6) is 0 Å². The van der Waals surface area contributed by atoms with Crippen molar-refractivity contribution in [1.82, 2.24) is 4.90 Å². The number of rotatable bonds is 6. The van der Waals surface area contributed by atoms with Crippen LogP contribution in [0.3, 0.4) is 0 Å². The summed E-state index contributed by atoms with van der Waals surface area (Å²) in [5.74, 6) is -1.50. The first kappa shape index (κ1) is 23.5. The van der Waals surface area contributed by atoms with Gasteiger partial charge in [0.05, 0.1) is 11.6 Å². The molecule has 3 amide bonds. The summed E-state index contributed by atoms with van der Waals surface area (Å²) in [5.41, 5.74) is 4.53. The number of nitriles is 1. The van der Waals surface area contributed by atoms with Gasteiger partial charge in [0.1, 0.15) is 6.04 Å². The standard InChI is InChI=1S/C27H24N4O4/c1-16(2)24(26(33)34)31-15-20-7-6-19(13-23(20)25(31)32)18-8-10-21(11-9-18)29-27(35)30-22-5-3-4-17(12-22)14-28/h3-13,16,24H,15H2,1-2H3,(H,33,34)(H2,29,30,35). The van der Waals surface area contributed by atoms with E-state index in [1.165, 1.54) is 4.90 Å². The van der Waals surface area contributed by atoms with Crippen LogP contribution in [-0.2, 0) is 11.3 Å². The first-order chi connectivity index (χ1) is 16.8. The van der Waals surface area contributed by atoms with E-state index < -0.39 is 18.0 Å². The summed E-state index contributed by atoms with van der Waals surface area (Å²) >= 11 is 0. The summed E-state index contributed by atoms with van der Waals surface area (Å²) in [5, 5.41) is 24.0. The van der Waals surface area contributed by atoms with Gasteiger partial charge in [0.25, 0.3) is 5.91 Å². The number of fused-ring (bicyclic) bond motifs is 1. The van der Waals surface area contributed by atoms with Crippen LogP contribution in [-0.4, -0.2) is 34.0 Å². The zero-order chi connectivity index (χ0) is 25.1. The molecule has 1 unspecified atom stereocenters. The molecule has 1 aliphatic rings. The van der Waals surface area contributed by atoms with Gasteiger partial charge in [0, 0.05) is 23.5 Å². The predicted octanol–water partition coefficient (Wildman–Crippen LogP) is 4.93. The smallest absolute Gasteiger partial charge is 0.326 e. The second-order valence-electron chi connectivity index (χ2n) is 8.68. The fraction of sp³-hybridized carbons (Fsp3) is 0.185. The van der Waals surface area contributed by atoms with E-state index in [4.69, 9.17) is 5.26 Å². The Morgan fingerprint density at radius 1 is 0.971 bits per heavy atom. The third kappa shape index (κ3) is 4.99. The van der Waals surface area contributed by atoms with Crippen molar-refractivity contribution in [2.45, 2.75) is 26.4 Å². The van der Waals surface area contributed by atoms with Gasteiger partial charge in [-0.2, -0.15) is 5.26 Å². The maximum absolute atomic E-state index is 13.0. The summed E-state index contributed by atoms with van der Waals surface area (Å²) in [7, 11) is 0. The van der Waals surface area contributed by atoms with Gasteiger partial charge in [0.15, 0.2) is 0 Å². The van der Waals surface area contributed by atoms with Crippen molar-refractivity contribution in [3.8, 4) is 17.2 Å². The van der Waals surface area contributed by atoms with Crippen molar-refractivity contribution >= 4 is 29.3 Å². The van der Waals surface area contributed by atoms with E-state index in [9.17, 15) is 19.5 Å². The number of aliphatic carboxylic acids is 1. The highest BCUT2D eigenvalue weighted by Crippen LogP contribution is 2.31. The minimum absolute atomic E-state index is 0.210. The number of carbonyl (C=O) groups is 3. The molecule has 8 nitrogen and oxygen atoms in total. The number of amides is 3. The molecular formula is C27H24N4O4. The van der Waals surface area contributed by atoms with Crippen LogP contribution in [0.25, 0.3) is 11.1 Å². The lowest BCUT2D eigenvalue weighted by molar-refractivity contribution is -0.144. The Kier molecular flexibility index (Phi) is 6.51. The molecule has 3 N–H and O–H groups in total. The van der Waals surface area contributed by atoms with Gasteiger partial charge in [-0.1, -0.05) is 44.2 Å². The number of hydrogen-bond acceptors (Lipinski definition) is 4. The molecule has 35 heavy (non-hydrogen) atoms. The van der Waals surface area contributed by atoms with E-state index in [1.807, 2.05) is 30.3 Å². The van der Waals surface area contributed by atoms with Crippen molar-refractivity contribution in [2.75, 3.05) is 10.6 Å². The molecule has 0 aliphatic carbocycles. The fourth-order valence-corrected chi connectivity index (χ4v) is 4.21. The summed E-state index contributed by atoms with van der Waals surface area (Å²) in [6.45, 7) is 3.86. The highest BCUT2D eigenvalue weighted by atomic mass is 16.4. The zero-order valence-corrected chi connectivity index (χ0v) is 19.3. The second kappa shape index (κ2) is 9.69. The Hall–Kier alpha value is -4.64. The van der Waals surface area contributed by atoms with Crippen LogP contribution in [0.4, 0.5) is 16.2 Å². The molecule has 4 rings (SSSR count). The number of carbonyl (C=O) groups excluding carboxylic acids is 2. The lowest BCUT2D eigenvalue weighted by atomic mass is 10.00. The highest BCUT2D eigenvalue weighted by Gasteiger charge is 2.38. The first-order valence-corrected chi connectivity index (χ1v) is 11.1. The average molecular weight is 469 g/mol. The first-order valence-electron chi connectivity index (χ1n) is 11.1. The van der Waals surface area contributed by atoms with Crippen LogP contribution in [0.2, 0.25) is 0 Å². The molecule has 176 valence electrons. The van der Waals surface area contributed by atoms with E-state index in [2.05, 4.69) is 10.6 Å². The molecule has 0 radical (unpaired) electrons. The van der Waals surface area contributed by atoms with Crippen LogP contribution >= 0.6 is 0 Å². The number of carboxylic acids is 1. The number of carboxylic acid groups (broad SMARTS) is 1. The molecule has 3 aromatic carbocycles. The van der Waals surface area contributed by atoms with E-state index in [1.54, 1.807) is 56.3 Å². The topological polar surface area (TPSA) is 123 Å². The molecule has 1 aliphatic heterocycles. The molecule has 3 aromatic rings. The Morgan fingerprint density at radius 2 is 1.66 bits per heavy atom. The average Bonchev–Trinajstić information content (AvgIpc) is 3.14. The normalized spacial score (nSPS) is 13.2. The summed E-state index contributed by atoms with van der Waals surface area (Å²) < 4.78 is 0. The molecule has 0 spiro atoms. The largest absolute Gasteiger partial charge is 0.480 e. The Morgan fingerprint density at radius 3 is 2.31 bits per heavy atom. The highest BCUT2D eigenvalue weighted by molar-refractivity contribution is 6.02. The third-order valence-electron chi connectivity index (χ3n) is 5.89. The zero-order valence-electron chi connectivity index (χ0n) is 19.3. The lowest BCUT2D eigenvalue weighted by Crippen LogP contribution is -2.44. The summed E-state index contributed by atoms with van der Waals surface area (Å²) in [4.78, 5) is 38.4. The molecule has 0 aromatic heterocycles. The second-order valence-corrected chi connectivity index (χ2v) is 8.68. The minimum Gasteiger partial charge on any atom is -0.480 e. The van der Waals surface area contributed by atoms with E-state index in [0.717, 1.165) is 16.7 Å². The van der Waals surface area contributed by atoms with Crippen LogP contribution in [0, 0.1) is 17.2 Å². The predicted molar refractivity (Wildman–Crippen MR) is 132 cm³/mol. The van der Waals surface area contributed by atoms with E-state index in [0.29, 0.717) is 22.5 Å². The fourth-order valence-electron chi connectivity index (χ4n) is 4.21. The Labute approximate surface area is 202 Å². The van der Waals surface area contributed by atoms with Crippen molar-refractivity contribution in [1.29, 1.82) is 5.26 Å². The Bertz CT molecular complexity index is 1340. The molecule has 0 fully saturated rings. The molecule has 0 bridgehead atoms. The van der Waals surface area contributed by atoms with E-state index in [-0.39, 0.29) is 18.4 Å². The van der Waals surface area contributed by atoms with Crippen molar-refractivity contribution in [2.24, 2.45) is 5.92 Å². The van der Waals surface area contributed by atoms with Gasteiger partial charge in [-0.3, -0.25) is 4.79 Å². The Balaban J connectivity index is 1.46. The van der Waals surface area contributed by atoms with E-state index >= 15 is 0 Å². The van der Waals surface area contributed by atoms with Gasteiger partial charge < -0.3 is 20.6 Å². The van der Waals surface area contributed by atoms with Gasteiger partial charge in [-0.25, -0.2) is 9.59 Å². The molecule has 1 heterocycles. The van der Waals surface area contributed by atoms with Gasteiger partial charge in [-0.15, -0.1) is 0 Å². The van der Waals surface area contributed by atoms with Crippen LogP contribution < -0.4 is 10.6 Å². The monoisotopic (exact) mass is 468 g/mol. The summed E-state index contributed by atoms with van der Waals surface area (Å²) in [6, 6.07) is 20.0. The van der Waals surface area contributed by atoms with Crippen LogP contribution in [0.15, 0.2) is 66.7 Å². The van der Waals surface area contributed by atoms with Gasteiger partial charge >= 0.3 is 12.0 Å². The maximum Gasteiger partial charge on any atom is 0.326 e. The molecule has 8 heteroatoms. The molecular weight excluding hydrogens is 444 g/mol. The quantitative estimate of drug-likeness (QED) is 0.473. The third-order valence-corrected chi connectivity index (χ3v) is 5.89. The number of nitrogens with one attached hydrogen (secondary N) is 2. The van der Waals surface area contributed by atoms with Crippen molar-refractivity contribution < 1.29 is 19.5 Å². The molecule has 0 saturated heterocycles.